The topological polar surface area (TPSA) is 57.8 Å². The number of nitrogens with one attached hydrogen (secondary N) is 2. The Kier molecular flexibility index (Phi) is 3.70. The average Bonchev–Trinajstić information content (AvgIpc) is 2.95. The third-order valence-electron chi connectivity index (χ3n) is 3.35. The van der Waals surface area contributed by atoms with Crippen LogP contribution in [0.1, 0.15) is 16.1 Å². The Morgan fingerprint density at radius 2 is 1.77 bits per heavy atom. The van der Waals surface area contributed by atoms with E-state index in [1.54, 1.807) is 6.33 Å². The first-order valence-corrected chi connectivity index (χ1v) is 6.81. The number of anilines is 1. The summed E-state index contributed by atoms with van der Waals surface area (Å²) in [6, 6.07) is 12.8. The number of rotatable bonds is 3. The number of carbonyl (C=O) groups is 1. The molecular formula is C17H14FN3O. The first-order valence-electron chi connectivity index (χ1n) is 6.81. The highest BCUT2D eigenvalue weighted by Crippen LogP contribution is 2.22. The molecule has 0 saturated heterocycles. The molecule has 1 heterocycles. The third kappa shape index (κ3) is 2.88. The molecule has 3 aromatic rings. The van der Waals surface area contributed by atoms with E-state index in [-0.39, 0.29) is 11.7 Å². The highest BCUT2D eigenvalue weighted by atomic mass is 19.1. The van der Waals surface area contributed by atoms with Crippen molar-refractivity contribution >= 4 is 11.6 Å². The van der Waals surface area contributed by atoms with Crippen LogP contribution in [0.5, 0.6) is 0 Å². The van der Waals surface area contributed by atoms with E-state index in [1.807, 2.05) is 31.2 Å². The summed E-state index contributed by atoms with van der Waals surface area (Å²) >= 11 is 0. The van der Waals surface area contributed by atoms with Crippen molar-refractivity contribution in [2.24, 2.45) is 0 Å². The molecular weight excluding hydrogens is 281 g/mol. The minimum absolute atomic E-state index is 0.274. The fourth-order valence-electron chi connectivity index (χ4n) is 2.17. The van der Waals surface area contributed by atoms with E-state index < -0.39 is 0 Å². The number of halogens is 1. The molecule has 0 aliphatic heterocycles. The summed E-state index contributed by atoms with van der Waals surface area (Å²) in [4.78, 5) is 19.3. The van der Waals surface area contributed by atoms with Gasteiger partial charge in [0, 0.05) is 22.5 Å². The Labute approximate surface area is 127 Å². The number of hydrogen-bond acceptors (Lipinski definition) is 2. The second-order valence-corrected chi connectivity index (χ2v) is 4.91. The molecule has 0 aliphatic rings. The molecule has 5 heteroatoms. The molecule has 3 rings (SSSR count). The van der Waals surface area contributed by atoms with E-state index >= 15 is 0 Å². The summed E-state index contributed by atoms with van der Waals surface area (Å²) in [5, 5.41) is 2.78. The van der Waals surface area contributed by atoms with Crippen LogP contribution in [-0.4, -0.2) is 15.9 Å². The van der Waals surface area contributed by atoms with Crippen molar-refractivity contribution in [3.63, 3.8) is 0 Å². The number of nitrogens with zero attached hydrogens (tertiary/aromatic N) is 1. The summed E-state index contributed by atoms with van der Waals surface area (Å²) in [6.45, 7) is 1.95. The number of hydrogen-bond donors (Lipinski definition) is 2. The van der Waals surface area contributed by atoms with Gasteiger partial charge in [-0.2, -0.15) is 0 Å². The van der Waals surface area contributed by atoms with Gasteiger partial charge in [-0.05, 0) is 43.3 Å². The van der Waals surface area contributed by atoms with Gasteiger partial charge in [0.25, 0.3) is 5.91 Å². The average molecular weight is 295 g/mol. The van der Waals surface area contributed by atoms with Crippen molar-refractivity contribution in [1.29, 1.82) is 0 Å². The van der Waals surface area contributed by atoms with Crippen LogP contribution in [0.15, 0.2) is 54.9 Å². The second-order valence-electron chi connectivity index (χ2n) is 4.91. The Balaban J connectivity index is 1.75. The number of carbonyl (C=O) groups excluding carboxylic acids is 1. The van der Waals surface area contributed by atoms with E-state index in [9.17, 15) is 9.18 Å². The lowest BCUT2D eigenvalue weighted by Crippen LogP contribution is -2.11. The monoisotopic (exact) mass is 295 g/mol. The maximum atomic E-state index is 12.8. The summed E-state index contributed by atoms with van der Waals surface area (Å²) in [7, 11) is 0. The fourth-order valence-corrected chi connectivity index (χ4v) is 2.17. The molecule has 0 fully saturated rings. The number of aromatic nitrogens is 2. The molecule has 0 spiro atoms. The van der Waals surface area contributed by atoms with Crippen molar-refractivity contribution in [3.8, 4) is 11.3 Å². The molecule has 110 valence electrons. The lowest BCUT2D eigenvalue weighted by atomic mass is 10.1. The second kappa shape index (κ2) is 5.81. The van der Waals surface area contributed by atoms with Gasteiger partial charge in [0.15, 0.2) is 0 Å². The Morgan fingerprint density at radius 1 is 1.09 bits per heavy atom. The first kappa shape index (κ1) is 14.0. The number of imidazole rings is 1. The van der Waals surface area contributed by atoms with Crippen LogP contribution in [0.3, 0.4) is 0 Å². The number of benzene rings is 2. The van der Waals surface area contributed by atoms with Crippen LogP contribution < -0.4 is 5.32 Å². The molecule has 0 unspecified atom stereocenters. The zero-order valence-electron chi connectivity index (χ0n) is 11.9. The van der Waals surface area contributed by atoms with Crippen LogP contribution in [-0.2, 0) is 0 Å². The lowest BCUT2D eigenvalue weighted by molar-refractivity contribution is 0.102. The minimum Gasteiger partial charge on any atom is -0.348 e. The Bertz CT molecular complexity index is 792. The van der Waals surface area contributed by atoms with Gasteiger partial charge in [-0.1, -0.05) is 12.1 Å². The molecule has 22 heavy (non-hydrogen) atoms. The summed E-state index contributed by atoms with van der Waals surface area (Å²) < 4.78 is 12.8. The summed E-state index contributed by atoms with van der Waals surface area (Å²) in [5.41, 5.74) is 3.93. The molecule has 0 bridgehead atoms. The van der Waals surface area contributed by atoms with Crippen LogP contribution in [0, 0.1) is 12.7 Å². The maximum Gasteiger partial charge on any atom is 0.255 e. The standard InChI is InChI=1S/C17H14FN3O/c1-11-16(20-10-19-11)12-4-8-15(9-5-12)21-17(22)13-2-6-14(18)7-3-13/h2-10H,1H3,(H,19,20)(H,21,22). The molecule has 0 atom stereocenters. The molecule has 0 radical (unpaired) electrons. The van der Waals surface area contributed by atoms with Gasteiger partial charge in [0.05, 0.1) is 12.0 Å². The van der Waals surface area contributed by atoms with Gasteiger partial charge in [0.2, 0.25) is 0 Å². The van der Waals surface area contributed by atoms with Gasteiger partial charge < -0.3 is 10.3 Å². The number of aromatic amines is 1. The van der Waals surface area contributed by atoms with Crippen LogP contribution >= 0.6 is 0 Å². The minimum atomic E-state index is -0.365. The lowest BCUT2D eigenvalue weighted by Gasteiger charge is -2.06. The molecule has 1 amide bonds. The fraction of sp³-hybridized carbons (Fsp3) is 0.0588. The predicted molar refractivity (Wildman–Crippen MR) is 83.1 cm³/mol. The Hall–Kier alpha value is -2.95. The molecule has 1 aromatic heterocycles. The number of amides is 1. The SMILES string of the molecule is Cc1[nH]cnc1-c1ccc(NC(=O)c2ccc(F)cc2)cc1. The summed E-state index contributed by atoms with van der Waals surface area (Å²) in [6.07, 6.45) is 1.65. The van der Waals surface area contributed by atoms with Gasteiger partial charge in [-0.25, -0.2) is 9.37 Å². The van der Waals surface area contributed by atoms with Crippen LogP contribution in [0.2, 0.25) is 0 Å². The quantitative estimate of drug-likeness (QED) is 0.772. The van der Waals surface area contributed by atoms with Crippen molar-refractivity contribution < 1.29 is 9.18 Å². The van der Waals surface area contributed by atoms with E-state index in [4.69, 9.17) is 0 Å². The summed E-state index contributed by atoms with van der Waals surface area (Å²) in [5.74, 6) is -0.640. The van der Waals surface area contributed by atoms with Crippen molar-refractivity contribution in [1.82, 2.24) is 9.97 Å². The Morgan fingerprint density at radius 3 is 2.36 bits per heavy atom. The molecule has 2 N–H and O–H groups in total. The smallest absolute Gasteiger partial charge is 0.255 e. The van der Waals surface area contributed by atoms with E-state index in [0.29, 0.717) is 11.3 Å². The third-order valence-corrected chi connectivity index (χ3v) is 3.35. The first-order chi connectivity index (χ1) is 10.6. The molecule has 4 nitrogen and oxygen atoms in total. The van der Waals surface area contributed by atoms with Crippen molar-refractivity contribution in [2.75, 3.05) is 5.32 Å². The number of aryl methyl sites for hydroxylation is 1. The molecule has 2 aromatic carbocycles. The zero-order valence-corrected chi connectivity index (χ0v) is 11.9. The van der Waals surface area contributed by atoms with Gasteiger partial charge in [0.1, 0.15) is 5.82 Å². The normalized spacial score (nSPS) is 10.5. The van der Waals surface area contributed by atoms with E-state index in [0.717, 1.165) is 17.0 Å². The van der Waals surface area contributed by atoms with Crippen molar-refractivity contribution in [3.05, 3.63) is 71.9 Å². The van der Waals surface area contributed by atoms with E-state index in [1.165, 1.54) is 24.3 Å². The van der Waals surface area contributed by atoms with Gasteiger partial charge >= 0.3 is 0 Å². The van der Waals surface area contributed by atoms with Crippen LogP contribution in [0.25, 0.3) is 11.3 Å². The maximum absolute atomic E-state index is 12.8. The van der Waals surface area contributed by atoms with Gasteiger partial charge in [-0.3, -0.25) is 4.79 Å². The predicted octanol–water partition coefficient (Wildman–Crippen LogP) is 3.78. The van der Waals surface area contributed by atoms with E-state index in [2.05, 4.69) is 15.3 Å². The van der Waals surface area contributed by atoms with Gasteiger partial charge in [-0.15, -0.1) is 0 Å². The molecule has 0 aliphatic carbocycles. The van der Waals surface area contributed by atoms with Crippen molar-refractivity contribution in [2.45, 2.75) is 6.92 Å². The largest absolute Gasteiger partial charge is 0.348 e. The zero-order chi connectivity index (χ0) is 15.5. The number of H-pyrrole nitrogens is 1. The highest BCUT2D eigenvalue weighted by molar-refractivity contribution is 6.04. The van der Waals surface area contributed by atoms with Crippen LogP contribution in [0.4, 0.5) is 10.1 Å². The molecule has 0 saturated carbocycles. The highest BCUT2D eigenvalue weighted by Gasteiger charge is 2.08.